The molecule has 0 spiro atoms. The van der Waals surface area contributed by atoms with Gasteiger partial charge >= 0.3 is 5.69 Å². The summed E-state index contributed by atoms with van der Waals surface area (Å²) in [5.74, 6) is 0.585. The number of hydrogen-bond acceptors (Lipinski definition) is 6. The standard InChI is InChI=1S/C22H22N8O2/c1-27-22(32)30(18-9-3-2-4-10-18)20(24-27)17-8-6-12-28(14-17)21(31)16-7-5-11-19(13-16)29-15-23-25-26-29/h2-5,7,9-11,13,15,17H,6,8,12,14H2,1H3/t17-/m1/s1. The van der Waals surface area contributed by atoms with E-state index in [0.717, 1.165) is 24.2 Å². The van der Waals surface area contributed by atoms with Crippen molar-refractivity contribution < 1.29 is 4.79 Å². The molecule has 0 N–H and O–H groups in total. The van der Waals surface area contributed by atoms with Gasteiger partial charge in [0.25, 0.3) is 5.91 Å². The van der Waals surface area contributed by atoms with Gasteiger partial charge < -0.3 is 4.90 Å². The van der Waals surface area contributed by atoms with Crippen LogP contribution in [0.15, 0.2) is 65.7 Å². The molecule has 0 aliphatic carbocycles. The Kier molecular flexibility index (Phi) is 5.10. The number of rotatable bonds is 4. The second kappa shape index (κ2) is 8.22. The van der Waals surface area contributed by atoms with E-state index in [4.69, 9.17) is 0 Å². The maximum atomic E-state index is 13.3. The fourth-order valence-corrected chi connectivity index (χ4v) is 4.18. The van der Waals surface area contributed by atoms with Crippen LogP contribution in [0.5, 0.6) is 0 Å². The number of aryl methyl sites for hydroxylation is 1. The first-order chi connectivity index (χ1) is 15.6. The minimum atomic E-state index is -0.191. The number of piperidine rings is 1. The molecule has 32 heavy (non-hydrogen) atoms. The molecule has 1 aliphatic heterocycles. The van der Waals surface area contributed by atoms with Gasteiger partial charge in [0.2, 0.25) is 0 Å². The second-order valence-corrected chi connectivity index (χ2v) is 7.83. The molecule has 3 heterocycles. The third-order valence-corrected chi connectivity index (χ3v) is 5.74. The normalized spacial score (nSPS) is 16.3. The van der Waals surface area contributed by atoms with E-state index in [1.54, 1.807) is 23.7 Å². The Morgan fingerprint density at radius 1 is 1.06 bits per heavy atom. The molecule has 5 rings (SSSR count). The molecule has 2 aromatic carbocycles. The summed E-state index contributed by atoms with van der Waals surface area (Å²) in [7, 11) is 1.65. The first-order valence-electron chi connectivity index (χ1n) is 10.5. The fourth-order valence-electron chi connectivity index (χ4n) is 4.18. The largest absolute Gasteiger partial charge is 0.350 e. The molecule has 4 aromatic rings. The van der Waals surface area contributed by atoms with Gasteiger partial charge in [0.1, 0.15) is 12.2 Å². The first kappa shape index (κ1) is 19.9. The lowest BCUT2D eigenvalue weighted by Crippen LogP contribution is -2.40. The summed E-state index contributed by atoms with van der Waals surface area (Å²) >= 11 is 0. The zero-order valence-corrected chi connectivity index (χ0v) is 17.6. The quantitative estimate of drug-likeness (QED) is 0.487. The number of likely N-dealkylation sites (tertiary alicyclic amines) is 1. The van der Waals surface area contributed by atoms with Crippen molar-refractivity contribution in [3.05, 3.63) is 82.8 Å². The lowest BCUT2D eigenvalue weighted by molar-refractivity contribution is 0.0703. The van der Waals surface area contributed by atoms with Crippen LogP contribution in [0.2, 0.25) is 0 Å². The molecular weight excluding hydrogens is 408 g/mol. The smallest absolute Gasteiger partial charge is 0.338 e. The number of benzene rings is 2. The summed E-state index contributed by atoms with van der Waals surface area (Å²) in [6.45, 7) is 1.16. The van der Waals surface area contributed by atoms with E-state index >= 15 is 0 Å². The summed E-state index contributed by atoms with van der Waals surface area (Å²) in [4.78, 5) is 27.9. The number of carbonyl (C=O) groups excluding carboxylic acids is 1. The van der Waals surface area contributed by atoms with Gasteiger partial charge in [0.15, 0.2) is 0 Å². The maximum absolute atomic E-state index is 13.3. The van der Waals surface area contributed by atoms with Gasteiger partial charge in [-0.15, -0.1) is 5.10 Å². The summed E-state index contributed by atoms with van der Waals surface area (Å²) in [6, 6.07) is 16.7. The van der Waals surface area contributed by atoms with Gasteiger partial charge in [-0.3, -0.25) is 4.79 Å². The zero-order chi connectivity index (χ0) is 22.1. The third-order valence-electron chi connectivity index (χ3n) is 5.74. The van der Waals surface area contributed by atoms with Crippen molar-refractivity contribution in [2.24, 2.45) is 7.05 Å². The van der Waals surface area contributed by atoms with Gasteiger partial charge in [-0.1, -0.05) is 24.3 Å². The predicted octanol–water partition coefficient (Wildman–Crippen LogP) is 1.57. The SMILES string of the molecule is Cn1nc([C@@H]2CCCN(C(=O)c3cccc(-n4cnnn4)c3)C2)n(-c2ccccc2)c1=O. The number of hydrogen-bond donors (Lipinski definition) is 0. The summed E-state index contributed by atoms with van der Waals surface area (Å²) in [6.07, 6.45) is 3.19. The molecular formula is C22H22N8O2. The Morgan fingerprint density at radius 2 is 1.88 bits per heavy atom. The Morgan fingerprint density at radius 3 is 2.66 bits per heavy atom. The van der Waals surface area contributed by atoms with Gasteiger partial charge in [0.05, 0.1) is 11.4 Å². The summed E-state index contributed by atoms with van der Waals surface area (Å²) in [5, 5.41) is 15.7. The van der Waals surface area contributed by atoms with Gasteiger partial charge in [-0.2, -0.15) is 5.10 Å². The molecule has 162 valence electrons. The van der Waals surface area contributed by atoms with Crippen molar-refractivity contribution >= 4 is 5.91 Å². The highest BCUT2D eigenvalue weighted by Gasteiger charge is 2.30. The predicted molar refractivity (Wildman–Crippen MR) is 116 cm³/mol. The highest BCUT2D eigenvalue weighted by Crippen LogP contribution is 2.27. The fraction of sp³-hybridized carbons (Fsp3) is 0.273. The Hall–Kier alpha value is -4.08. The third kappa shape index (κ3) is 3.59. The molecule has 10 heteroatoms. The molecule has 1 aliphatic rings. The molecule has 1 amide bonds. The van der Waals surface area contributed by atoms with Crippen LogP contribution in [0.4, 0.5) is 0 Å². The van der Waals surface area contributed by atoms with E-state index in [2.05, 4.69) is 20.6 Å². The molecule has 2 aromatic heterocycles. The first-order valence-corrected chi connectivity index (χ1v) is 10.5. The number of para-hydroxylation sites is 1. The molecule has 1 saturated heterocycles. The van der Waals surface area contributed by atoms with Crippen LogP contribution in [-0.2, 0) is 7.05 Å². The minimum absolute atomic E-state index is 0.0375. The van der Waals surface area contributed by atoms with Crippen LogP contribution in [0.25, 0.3) is 11.4 Å². The Bertz CT molecular complexity index is 1290. The highest BCUT2D eigenvalue weighted by atomic mass is 16.2. The molecule has 1 fully saturated rings. The minimum Gasteiger partial charge on any atom is -0.338 e. The van der Waals surface area contributed by atoms with E-state index < -0.39 is 0 Å². The monoisotopic (exact) mass is 430 g/mol. The molecule has 0 unspecified atom stereocenters. The van der Waals surface area contributed by atoms with Crippen molar-refractivity contribution in [1.82, 2.24) is 39.5 Å². The number of nitrogens with zero attached hydrogens (tertiary/aromatic N) is 8. The van der Waals surface area contributed by atoms with Crippen LogP contribution in [0.1, 0.15) is 34.9 Å². The lowest BCUT2D eigenvalue weighted by Gasteiger charge is -2.32. The molecule has 0 saturated carbocycles. The molecule has 0 bridgehead atoms. The number of tetrazole rings is 1. The van der Waals surface area contributed by atoms with Gasteiger partial charge in [-0.25, -0.2) is 18.7 Å². The Labute approximate surface area is 183 Å². The van der Waals surface area contributed by atoms with E-state index in [1.165, 1.54) is 15.7 Å². The number of amides is 1. The van der Waals surface area contributed by atoms with Crippen LogP contribution < -0.4 is 5.69 Å². The van der Waals surface area contributed by atoms with Crippen molar-refractivity contribution in [3.8, 4) is 11.4 Å². The number of carbonyl (C=O) groups is 1. The van der Waals surface area contributed by atoms with E-state index in [9.17, 15) is 9.59 Å². The van der Waals surface area contributed by atoms with Crippen LogP contribution in [0.3, 0.4) is 0 Å². The van der Waals surface area contributed by atoms with Gasteiger partial charge in [0, 0.05) is 31.6 Å². The van der Waals surface area contributed by atoms with Crippen LogP contribution in [0, 0.1) is 0 Å². The summed E-state index contributed by atoms with van der Waals surface area (Å²) < 4.78 is 4.53. The van der Waals surface area contributed by atoms with E-state index in [-0.39, 0.29) is 17.5 Å². The Balaban J connectivity index is 1.43. The zero-order valence-electron chi connectivity index (χ0n) is 17.6. The van der Waals surface area contributed by atoms with Crippen molar-refractivity contribution in [1.29, 1.82) is 0 Å². The summed E-state index contributed by atoms with van der Waals surface area (Å²) in [5.41, 5.74) is 1.87. The van der Waals surface area contributed by atoms with Gasteiger partial charge in [-0.05, 0) is 53.6 Å². The van der Waals surface area contributed by atoms with Crippen molar-refractivity contribution in [2.75, 3.05) is 13.1 Å². The average Bonchev–Trinajstić information content (AvgIpc) is 3.48. The topological polar surface area (TPSA) is 104 Å². The maximum Gasteiger partial charge on any atom is 0.350 e. The van der Waals surface area contributed by atoms with Crippen molar-refractivity contribution in [3.63, 3.8) is 0 Å². The molecule has 10 nitrogen and oxygen atoms in total. The van der Waals surface area contributed by atoms with E-state index in [0.29, 0.717) is 24.5 Å². The average molecular weight is 430 g/mol. The lowest BCUT2D eigenvalue weighted by atomic mass is 9.96. The van der Waals surface area contributed by atoms with Crippen LogP contribution in [-0.4, -0.2) is 58.5 Å². The highest BCUT2D eigenvalue weighted by molar-refractivity contribution is 5.94. The van der Waals surface area contributed by atoms with E-state index in [1.807, 2.05) is 47.4 Å². The van der Waals surface area contributed by atoms with Crippen LogP contribution >= 0.6 is 0 Å². The van der Waals surface area contributed by atoms with Crippen molar-refractivity contribution in [2.45, 2.75) is 18.8 Å². The number of aromatic nitrogens is 7. The molecule has 0 radical (unpaired) electrons. The molecule has 1 atom stereocenters. The second-order valence-electron chi connectivity index (χ2n) is 7.83.